The summed E-state index contributed by atoms with van der Waals surface area (Å²) in [4.78, 5) is 23.6. The number of nitrogens with zero attached hydrogens (tertiary/aromatic N) is 1. The van der Waals surface area contributed by atoms with Crippen molar-refractivity contribution in [3.05, 3.63) is 29.3 Å². The highest BCUT2D eigenvalue weighted by Crippen LogP contribution is 2.20. The Morgan fingerprint density at radius 2 is 2.11 bits per heavy atom. The summed E-state index contributed by atoms with van der Waals surface area (Å²) in [5.74, 6) is -1.13. The van der Waals surface area contributed by atoms with Crippen LogP contribution in [0.4, 0.5) is 10.5 Å². The van der Waals surface area contributed by atoms with Crippen molar-refractivity contribution >= 4 is 29.4 Å². The van der Waals surface area contributed by atoms with Crippen LogP contribution in [0, 0.1) is 0 Å². The van der Waals surface area contributed by atoms with Gasteiger partial charge in [0.15, 0.2) is 0 Å². The molecule has 0 aliphatic carbocycles. The fourth-order valence-electron chi connectivity index (χ4n) is 1.31. The first-order valence-electron chi connectivity index (χ1n) is 5.35. The predicted octanol–water partition coefficient (Wildman–Crippen LogP) is 2.78. The van der Waals surface area contributed by atoms with Crippen molar-refractivity contribution < 1.29 is 19.4 Å². The molecule has 0 aliphatic heterocycles. The van der Waals surface area contributed by atoms with E-state index in [9.17, 15) is 9.59 Å². The van der Waals surface area contributed by atoms with Crippen molar-refractivity contribution in [1.29, 1.82) is 0 Å². The molecule has 0 aliphatic rings. The van der Waals surface area contributed by atoms with Gasteiger partial charge in [0.1, 0.15) is 6.54 Å². The minimum atomic E-state index is -1.13. The summed E-state index contributed by atoms with van der Waals surface area (Å²) >= 11 is 5.81. The van der Waals surface area contributed by atoms with E-state index >= 15 is 0 Å². The van der Waals surface area contributed by atoms with Crippen molar-refractivity contribution in [2.24, 2.45) is 0 Å². The maximum Gasteiger partial charge on any atom is 0.415 e. The number of carboxylic acids is 1. The summed E-state index contributed by atoms with van der Waals surface area (Å²) in [5, 5.41) is 9.23. The number of halogens is 1. The van der Waals surface area contributed by atoms with Crippen molar-refractivity contribution in [3.8, 4) is 0 Å². The molecule has 6 heteroatoms. The van der Waals surface area contributed by atoms with Crippen LogP contribution < -0.4 is 4.90 Å². The minimum Gasteiger partial charge on any atom is -0.480 e. The Hall–Kier alpha value is -1.75. The molecule has 18 heavy (non-hydrogen) atoms. The molecular weight excluding hydrogens is 258 g/mol. The molecule has 98 valence electrons. The zero-order chi connectivity index (χ0) is 13.7. The highest BCUT2D eigenvalue weighted by atomic mass is 35.5. The molecule has 0 aromatic heterocycles. The maximum absolute atomic E-state index is 11.8. The molecule has 0 saturated carbocycles. The van der Waals surface area contributed by atoms with Crippen LogP contribution in [0.3, 0.4) is 0 Å². The van der Waals surface area contributed by atoms with E-state index in [1.807, 2.05) is 0 Å². The largest absolute Gasteiger partial charge is 0.480 e. The second kappa shape index (κ2) is 6.26. The lowest BCUT2D eigenvalue weighted by Gasteiger charge is -2.21. The van der Waals surface area contributed by atoms with Crippen molar-refractivity contribution in [2.75, 3.05) is 11.4 Å². The average molecular weight is 272 g/mol. The number of ether oxygens (including phenoxy) is 1. The van der Waals surface area contributed by atoms with Gasteiger partial charge in [-0.2, -0.15) is 0 Å². The lowest BCUT2D eigenvalue weighted by molar-refractivity contribution is -0.135. The second-order valence-electron chi connectivity index (χ2n) is 3.89. The number of amides is 1. The number of rotatable bonds is 4. The van der Waals surface area contributed by atoms with Crippen LogP contribution in [0.1, 0.15) is 13.8 Å². The molecule has 0 fully saturated rings. The highest BCUT2D eigenvalue weighted by molar-refractivity contribution is 6.30. The number of hydrogen-bond donors (Lipinski definition) is 1. The summed E-state index contributed by atoms with van der Waals surface area (Å²) in [6.07, 6.45) is -1.04. The Labute approximate surface area is 110 Å². The third-order valence-electron chi connectivity index (χ3n) is 1.97. The minimum absolute atomic E-state index is 0.326. The van der Waals surface area contributed by atoms with Gasteiger partial charge in [-0.25, -0.2) is 4.79 Å². The van der Waals surface area contributed by atoms with Crippen molar-refractivity contribution in [3.63, 3.8) is 0 Å². The fourth-order valence-corrected chi connectivity index (χ4v) is 1.49. The van der Waals surface area contributed by atoms with Gasteiger partial charge in [-0.1, -0.05) is 17.7 Å². The third-order valence-corrected chi connectivity index (χ3v) is 2.21. The quantitative estimate of drug-likeness (QED) is 0.914. The van der Waals surface area contributed by atoms with E-state index in [4.69, 9.17) is 21.4 Å². The number of carbonyl (C=O) groups excluding carboxylic acids is 1. The molecular formula is C12H14ClNO4. The fraction of sp³-hybridized carbons (Fsp3) is 0.333. The molecule has 1 rings (SSSR count). The summed E-state index contributed by atoms with van der Waals surface area (Å²) in [5.41, 5.74) is 0.385. The highest BCUT2D eigenvalue weighted by Gasteiger charge is 2.21. The summed E-state index contributed by atoms with van der Waals surface area (Å²) < 4.78 is 4.99. The molecule has 0 saturated heterocycles. The van der Waals surface area contributed by atoms with Gasteiger partial charge in [0, 0.05) is 10.7 Å². The van der Waals surface area contributed by atoms with Gasteiger partial charge in [0.05, 0.1) is 6.10 Å². The number of aliphatic carboxylic acids is 1. The van der Waals surface area contributed by atoms with Gasteiger partial charge in [0.2, 0.25) is 0 Å². The van der Waals surface area contributed by atoms with Crippen molar-refractivity contribution in [1.82, 2.24) is 0 Å². The van der Waals surface area contributed by atoms with E-state index in [0.29, 0.717) is 10.7 Å². The Morgan fingerprint density at radius 1 is 1.44 bits per heavy atom. The average Bonchev–Trinajstić information content (AvgIpc) is 2.24. The Balaban J connectivity index is 2.97. The third kappa shape index (κ3) is 4.25. The molecule has 1 amide bonds. The zero-order valence-electron chi connectivity index (χ0n) is 10.1. The second-order valence-corrected chi connectivity index (χ2v) is 4.33. The van der Waals surface area contributed by atoms with E-state index < -0.39 is 18.6 Å². The number of carboxylic acid groups (broad SMARTS) is 1. The van der Waals surface area contributed by atoms with E-state index in [-0.39, 0.29) is 6.10 Å². The Kier molecular flexibility index (Phi) is 4.97. The first-order chi connectivity index (χ1) is 8.40. The van der Waals surface area contributed by atoms with Crippen LogP contribution in [0.25, 0.3) is 0 Å². The molecule has 1 aromatic rings. The van der Waals surface area contributed by atoms with Gasteiger partial charge >= 0.3 is 12.1 Å². The molecule has 0 spiro atoms. The van der Waals surface area contributed by atoms with Gasteiger partial charge in [0.25, 0.3) is 0 Å². The summed E-state index contributed by atoms with van der Waals surface area (Å²) in [7, 11) is 0. The normalized spacial score (nSPS) is 10.2. The summed E-state index contributed by atoms with van der Waals surface area (Å²) in [6.45, 7) is 2.90. The summed E-state index contributed by atoms with van der Waals surface area (Å²) in [6, 6.07) is 6.37. The van der Waals surface area contributed by atoms with E-state index in [0.717, 1.165) is 4.90 Å². The van der Waals surface area contributed by atoms with Gasteiger partial charge < -0.3 is 9.84 Å². The van der Waals surface area contributed by atoms with Gasteiger partial charge in [-0.05, 0) is 32.0 Å². The number of benzene rings is 1. The van der Waals surface area contributed by atoms with Crippen LogP contribution in [0.15, 0.2) is 24.3 Å². The van der Waals surface area contributed by atoms with Crippen LogP contribution >= 0.6 is 11.6 Å². The molecule has 0 bridgehead atoms. The first kappa shape index (κ1) is 14.3. The first-order valence-corrected chi connectivity index (χ1v) is 5.73. The molecule has 5 nitrogen and oxygen atoms in total. The molecule has 0 radical (unpaired) electrons. The predicted molar refractivity (Wildman–Crippen MR) is 68.1 cm³/mol. The monoisotopic (exact) mass is 271 g/mol. The van der Waals surface area contributed by atoms with Crippen LogP contribution in [0.5, 0.6) is 0 Å². The lowest BCUT2D eigenvalue weighted by Crippen LogP contribution is -2.37. The standard InChI is InChI=1S/C12H14ClNO4/c1-8(2)18-12(17)14(7-11(15)16)10-5-3-4-9(13)6-10/h3-6,8H,7H2,1-2H3,(H,15,16). The molecule has 0 atom stereocenters. The molecule has 1 aromatic carbocycles. The smallest absolute Gasteiger partial charge is 0.415 e. The van der Waals surface area contributed by atoms with Crippen LogP contribution in [-0.2, 0) is 9.53 Å². The van der Waals surface area contributed by atoms with Crippen molar-refractivity contribution in [2.45, 2.75) is 20.0 Å². The Morgan fingerprint density at radius 3 is 2.61 bits per heavy atom. The molecule has 0 unspecified atom stereocenters. The number of hydrogen-bond acceptors (Lipinski definition) is 3. The van der Waals surface area contributed by atoms with Crippen LogP contribution in [0.2, 0.25) is 5.02 Å². The lowest BCUT2D eigenvalue weighted by atomic mass is 10.3. The van der Waals surface area contributed by atoms with E-state index in [1.165, 1.54) is 6.07 Å². The molecule has 0 heterocycles. The maximum atomic E-state index is 11.8. The number of anilines is 1. The number of carbonyl (C=O) groups is 2. The molecule has 1 N–H and O–H groups in total. The van der Waals surface area contributed by atoms with Gasteiger partial charge in [-0.15, -0.1) is 0 Å². The van der Waals surface area contributed by atoms with E-state index in [1.54, 1.807) is 32.0 Å². The SMILES string of the molecule is CC(C)OC(=O)N(CC(=O)O)c1cccc(Cl)c1. The zero-order valence-corrected chi connectivity index (χ0v) is 10.8. The van der Waals surface area contributed by atoms with E-state index in [2.05, 4.69) is 0 Å². The Bertz CT molecular complexity index is 447. The van der Waals surface area contributed by atoms with Gasteiger partial charge in [-0.3, -0.25) is 9.69 Å². The van der Waals surface area contributed by atoms with Crippen LogP contribution in [-0.4, -0.2) is 29.8 Å². The topological polar surface area (TPSA) is 66.8 Å².